The summed E-state index contributed by atoms with van der Waals surface area (Å²) in [5, 5.41) is 5.96. The zero-order chi connectivity index (χ0) is 20.1. The van der Waals surface area contributed by atoms with Gasteiger partial charge in [0.25, 0.3) is 5.91 Å². The minimum Gasteiger partial charge on any atom is -0.467 e. The summed E-state index contributed by atoms with van der Waals surface area (Å²) in [6.07, 6.45) is 4.61. The fourth-order valence-corrected chi connectivity index (χ4v) is 3.14. The Bertz CT molecular complexity index is 917. The number of piperazine rings is 1. The van der Waals surface area contributed by atoms with Crippen LogP contribution in [0.5, 0.6) is 0 Å². The number of likely N-dealkylation sites (N-methyl/N-ethyl adjacent to an activating group) is 1. The molecule has 150 valence electrons. The second kappa shape index (κ2) is 8.74. The first-order valence-corrected chi connectivity index (χ1v) is 9.60. The Morgan fingerprint density at radius 2 is 1.86 bits per heavy atom. The van der Waals surface area contributed by atoms with E-state index in [4.69, 9.17) is 4.42 Å². The van der Waals surface area contributed by atoms with Crippen LogP contribution in [0, 0.1) is 0 Å². The highest BCUT2D eigenvalue weighted by Crippen LogP contribution is 2.19. The van der Waals surface area contributed by atoms with Crippen molar-refractivity contribution in [3.8, 4) is 0 Å². The molecule has 0 spiro atoms. The van der Waals surface area contributed by atoms with Crippen LogP contribution in [0.1, 0.15) is 16.2 Å². The Morgan fingerprint density at radius 3 is 2.52 bits per heavy atom. The van der Waals surface area contributed by atoms with E-state index < -0.39 is 0 Å². The van der Waals surface area contributed by atoms with Crippen LogP contribution < -0.4 is 15.5 Å². The average Bonchev–Trinajstić information content (AvgIpc) is 3.27. The highest BCUT2D eigenvalue weighted by Gasteiger charge is 2.14. The molecule has 8 nitrogen and oxygen atoms in total. The van der Waals surface area contributed by atoms with Crippen molar-refractivity contribution in [2.45, 2.75) is 6.54 Å². The molecule has 3 heterocycles. The molecule has 0 atom stereocenters. The second-order valence-electron chi connectivity index (χ2n) is 7.01. The van der Waals surface area contributed by atoms with Crippen molar-refractivity contribution in [2.24, 2.45) is 0 Å². The van der Waals surface area contributed by atoms with Crippen LogP contribution in [0.4, 0.5) is 17.2 Å². The topological polar surface area (TPSA) is 86.5 Å². The van der Waals surface area contributed by atoms with Crippen molar-refractivity contribution in [2.75, 3.05) is 48.8 Å². The minimum atomic E-state index is -0.289. The van der Waals surface area contributed by atoms with Gasteiger partial charge in [0.2, 0.25) is 0 Å². The molecule has 2 aromatic heterocycles. The number of anilines is 3. The fourth-order valence-electron chi connectivity index (χ4n) is 3.14. The lowest BCUT2D eigenvalue weighted by molar-refractivity contribution is 0.102. The van der Waals surface area contributed by atoms with Gasteiger partial charge in [-0.2, -0.15) is 0 Å². The SMILES string of the molecule is CN1CCN(c2ccc(NC(=O)c3cnc(NCc4ccco4)cn3)cc2)CC1. The Hall–Kier alpha value is -3.39. The molecule has 1 aliphatic heterocycles. The summed E-state index contributed by atoms with van der Waals surface area (Å²) in [5.41, 5.74) is 2.16. The monoisotopic (exact) mass is 392 g/mol. The molecule has 1 aromatic carbocycles. The van der Waals surface area contributed by atoms with Gasteiger partial charge in [0.1, 0.15) is 17.3 Å². The summed E-state index contributed by atoms with van der Waals surface area (Å²) in [4.78, 5) is 25.5. The second-order valence-corrected chi connectivity index (χ2v) is 7.01. The maximum absolute atomic E-state index is 12.4. The van der Waals surface area contributed by atoms with Gasteiger partial charge in [0, 0.05) is 37.6 Å². The lowest BCUT2D eigenvalue weighted by Gasteiger charge is -2.34. The zero-order valence-electron chi connectivity index (χ0n) is 16.3. The molecule has 1 amide bonds. The van der Waals surface area contributed by atoms with Gasteiger partial charge in [-0.15, -0.1) is 0 Å². The van der Waals surface area contributed by atoms with Gasteiger partial charge in [0.05, 0.1) is 25.2 Å². The first-order chi connectivity index (χ1) is 14.2. The van der Waals surface area contributed by atoms with Crippen LogP contribution in [0.2, 0.25) is 0 Å². The van der Waals surface area contributed by atoms with E-state index in [0.717, 1.165) is 37.6 Å². The van der Waals surface area contributed by atoms with Crippen molar-refractivity contribution < 1.29 is 9.21 Å². The Morgan fingerprint density at radius 1 is 1.07 bits per heavy atom. The lowest BCUT2D eigenvalue weighted by atomic mass is 10.2. The number of aromatic nitrogens is 2. The summed E-state index contributed by atoms with van der Waals surface area (Å²) < 4.78 is 5.26. The van der Waals surface area contributed by atoms with E-state index in [1.54, 1.807) is 6.26 Å². The maximum Gasteiger partial charge on any atom is 0.275 e. The van der Waals surface area contributed by atoms with Gasteiger partial charge in [0.15, 0.2) is 0 Å². The van der Waals surface area contributed by atoms with E-state index in [2.05, 4.69) is 37.4 Å². The van der Waals surface area contributed by atoms with Crippen LogP contribution in [-0.2, 0) is 6.54 Å². The van der Waals surface area contributed by atoms with Crippen LogP contribution in [0.25, 0.3) is 0 Å². The van der Waals surface area contributed by atoms with Gasteiger partial charge in [-0.1, -0.05) is 0 Å². The zero-order valence-corrected chi connectivity index (χ0v) is 16.3. The normalized spacial score (nSPS) is 14.6. The van der Waals surface area contributed by atoms with Gasteiger partial charge >= 0.3 is 0 Å². The average molecular weight is 392 g/mol. The smallest absolute Gasteiger partial charge is 0.275 e. The standard InChI is InChI=1S/C21H24N6O2/c1-26-8-10-27(11-9-26)17-6-4-16(5-7-17)25-21(28)19-14-24-20(15-22-19)23-13-18-3-2-12-29-18/h2-7,12,14-15H,8-11,13H2,1H3,(H,23,24)(H,25,28). The summed E-state index contributed by atoms with van der Waals surface area (Å²) in [6, 6.07) is 11.6. The van der Waals surface area contributed by atoms with Crippen LogP contribution in [0.3, 0.4) is 0 Å². The molecule has 3 aromatic rings. The number of hydrogen-bond acceptors (Lipinski definition) is 7. The largest absolute Gasteiger partial charge is 0.467 e. The quantitative estimate of drug-likeness (QED) is 0.667. The number of nitrogens with zero attached hydrogens (tertiary/aromatic N) is 4. The molecule has 1 saturated heterocycles. The molecule has 8 heteroatoms. The van der Waals surface area contributed by atoms with Crippen molar-refractivity contribution in [1.29, 1.82) is 0 Å². The van der Waals surface area contributed by atoms with Gasteiger partial charge < -0.3 is 24.9 Å². The Kier molecular flexibility index (Phi) is 5.71. The molecule has 0 unspecified atom stereocenters. The molecule has 2 N–H and O–H groups in total. The molecule has 29 heavy (non-hydrogen) atoms. The number of benzene rings is 1. The lowest BCUT2D eigenvalue weighted by Crippen LogP contribution is -2.44. The molecule has 1 aliphatic rings. The van der Waals surface area contributed by atoms with Gasteiger partial charge in [-0.25, -0.2) is 9.97 Å². The Labute approximate surface area is 169 Å². The van der Waals surface area contributed by atoms with Crippen molar-refractivity contribution in [3.05, 3.63) is 66.5 Å². The minimum absolute atomic E-state index is 0.261. The molecule has 4 rings (SSSR count). The van der Waals surface area contributed by atoms with Crippen molar-refractivity contribution in [1.82, 2.24) is 14.9 Å². The molecular weight excluding hydrogens is 368 g/mol. The number of carbonyl (C=O) groups is 1. The van der Waals surface area contributed by atoms with E-state index in [-0.39, 0.29) is 11.6 Å². The van der Waals surface area contributed by atoms with E-state index in [0.29, 0.717) is 12.4 Å². The van der Waals surface area contributed by atoms with E-state index >= 15 is 0 Å². The van der Waals surface area contributed by atoms with Crippen LogP contribution >= 0.6 is 0 Å². The predicted molar refractivity (Wildman–Crippen MR) is 112 cm³/mol. The number of carbonyl (C=O) groups excluding carboxylic acids is 1. The highest BCUT2D eigenvalue weighted by atomic mass is 16.3. The third kappa shape index (κ3) is 4.91. The first kappa shape index (κ1) is 18.9. The Balaban J connectivity index is 1.31. The third-order valence-electron chi connectivity index (χ3n) is 4.90. The molecule has 0 bridgehead atoms. The highest BCUT2D eigenvalue weighted by molar-refractivity contribution is 6.02. The number of rotatable bonds is 6. The number of furan rings is 1. The summed E-state index contributed by atoms with van der Waals surface area (Å²) >= 11 is 0. The number of hydrogen-bond donors (Lipinski definition) is 2. The summed E-state index contributed by atoms with van der Waals surface area (Å²) in [5.74, 6) is 1.09. The third-order valence-corrected chi connectivity index (χ3v) is 4.90. The predicted octanol–water partition coefficient (Wildman–Crippen LogP) is 2.69. The van der Waals surface area contributed by atoms with E-state index in [9.17, 15) is 4.79 Å². The number of nitrogens with one attached hydrogen (secondary N) is 2. The molecule has 0 saturated carbocycles. The number of amides is 1. The van der Waals surface area contributed by atoms with Crippen molar-refractivity contribution >= 4 is 23.1 Å². The molecule has 1 fully saturated rings. The molecule has 0 aliphatic carbocycles. The molecule has 0 radical (unpaired) electrons. The van der Waals surface area contributed by atoms with Gasteiger partial charge in [-0.05, 0) is 43.4 Å². The fraction of sp³-hybridized carbons (Fsp3) is 0.286. The van der Waals surface area contributed by atoms with E-state index in [1.165, 1.54) is 18.1 Å². The van der Waals surface area contributed by atoms with E-state index in [1.807, 2.05) is 36.4 Å². The maximum atomic E-state index is 12.4. The van der Waals surface area contributed by atoms with Crippen LogP contribution in [-0.4, -0.2) is 54.0 Å². The van der Waals surface area contributed by atoms with Crippen molar-refractivity contribution in [3.63, 3.8) is 0 Å². The summed E-state index contributed by atoms with van der Waals surface area (Å²) in [7, 11) is 2.14. The van der Waals surface area contributed by atoms with Crippen LogP contribution in [0.15, 0.2) is 59.5 Å². The molecular formula is C21H24N6O2. The van der Waals surface area contributed by atoms with Gasteiger partial charge in [-0.3, -0.25) is 4.79 Å². The first-order valence-electron chi connectivity index (χ1n) is 9.60. The summed E-state index contributed by atoms with van der Waals surface area (Å²) in [6.45, 7) is 4.65.